The fraction of sp³-hybridized carbons (Fsp3) is 0.250. The topological polar surface area (TPSA) is 86.8 Å². The normalized spacial score (nSPS) is 18.3. The molecule has 33 heavy (non-hydrogen) atoms. The molecule has 0 bridgehead atoms. The molecule has 0 radical (unpaired) electrons. The predicted octanol–water partition coefficient (Wildman–Crippen LogP) is 4.27. The standard InChI is InChI=1S/C24H22ClN3O4S/c1-2-27-20-13-12-19(17-5-3-6-18(22(17)20)24(27)30)26-23(29)21-7-4-14-28(21)33(31,32)16-10-8-15(25)9-11-16/h3,5-6,8-13,21H,2,4,7,14H2,1H3,(H,26,29)/t21-/m0/s1. The molecule has 0 aromatic heterocycles. The Morgan fingerprint density at radius 1 is 1.12 bits per heavy atom. The van der Waals surface area contributed by atoms with Gasteiger partial charge in [-0.1, -0.05) is 23.7 Å². The summed E-state index contributed by atoms with van der Waals surface area (Å²) in [4.78, 5) is 27.8. The molecule has 2 heterocycles. The van der Waals surface area contributed by atoms with E-state index in [2.05, 4.69) is 5.32 Å². The SMILES string of the molecule is CCN1C(=O)c2cccc3c(NC(=O)[C@@H]4CCCN4S(=O)(=O)c4ccc(Cl)cc4)ccc1c23. The monoisotopic (exact) mass is 483 g/mol. The van der Waals surface area contributed by atoms with E-state index in [4.69, 9.17) is 11.6 Å². The summed E-state index contributed by atoms with van der Waals surface area (Å²) < 4.78 is 27.6. The van der Waals surface area contributed by atoms with E-state index in [9.17, 15) is 18.0 Å². The van der Waals surface area contributed by atoms with Crippen LogP contribution in [0.1, 0.15) is 30.1 Å². The largest absolute Gasteiger partial charge is 0.324 e. The molecule has 2 aliphatic heterocycles. The van der Waals surface area contributed by atoms with E-state index >= 15 is 0 Å². The van der Waals surface area contributed by atoms with Crippen molar-refractivity contribution in [2.75, 3.05) is 23.3 Å². The van der Waals surface area contributed by atoms with Gasteiger partial charge in [-0.3, -0.25) is 9.59 Å². The van der Waals surface area contributed by atoms with E-state index in [1.165, 1.54) is 28.6 Å². The van der Waals surface area contributed by atoms with Crippen molar-refractivity contribution >= 4 is 55.6 Å². The van der Waals surface area contributed by atoms with E-state index in [1.54, 1.807) is 23.1 Å². The third-order valence-corrected chi connectivity index (χ3v) is 8.46. The van der Waals surface area contributed by atoms with Crippen LogP contribution in [0.25, 0.3) is 10.8 Å². The summed E-state index contributed by atoms with van der Waals surface area (Å²) in [7, 11) is -3.84. The van der Waals surface area contributed by atoms with E-state index in [-0.39, 0.29) is 23.3 Å². The van der Waals surface area contributed by atoms with Gasteiger partial charge in [0.1, 0.15) is 6.04 Å². The van der Waals surface area contributed by atoms with Crippen molar-refractivity contribution < 1.29 is 18.0 Å². The fourth-order valence-corrected chi connectivity index (χ4v) is 6.50. The molecule has 2 aliphatic rings. The molecule has 3 aromatic carbocycles. The van der Waals surface area contributed by atoms with Crippen LogP contribution in [0.4, 0.5) is 11.4 Å². The molecule has 5 rings (SSSR count). The highest BCUT2D eigenvalue weighted by molar-refractivity contribution is 7.89. The first kappa shape index (κ1) is 21.9. The Morgan fingerprint density at radius 2 is 1.88 bits per heavy atom. The highest BCUT2D eigenvalue weighted by Crippen LogP contribution is 2.40. The molecule has 2 amide bonds. The molecule has 3 aromatic rings. The van der Waals surface area contributed by atoms with Gasteiger partial charge in [0.2, 0.25) is 15.9 Å². The summed E-state index contributed by atoms with van der Waals surface area (Å²) >= 11 is 5.90. The number of hydrogen-bond acceptors (Lipinski definition) is 4. The van der Waals surface area contributed by atoms with Crippen LogP contribution in [0.3, 0.4) is 0 Å². The van der Waals surface area contributed by atoms with Gasteiger partial charge in [0.25, 0.3) is 5.91 Å². The number of nitrogens with zero attached hydrogens (tertiary/aromatic N) is 2. The molecule has 1 saturated heterocycles. The first-order valence-electron chi connectivity index (χ1n) is 10.8. The third-order valence-electron chi connectivity index (χ3n) is 6.29. The number of amides is 2. The molecule has 1 fully saturated rings. The highest BCUT2D eigenvalue weighted by Gasteiger charge is 2.40. The second-order valence-electron chi connectivity index (χ2n) is 8.13. The van der Waals surface area contributed by atoms with Gasteiger partial charge >= 0.3 is 0 Å². The van der Waals surface area contributed by atoms with Crippen LogP contribution in [0.2, 0.25) is 5.02 Å². The lowest BCUT2D eigenvalue weighted by Gasteiger charge is -2.24. The number of nitrogens with one attached hydrogen (secondary N) is 1. The Labute approximate surface area is 197 Å². The summed E-state index contributed by atoms with van der Waals surface area (Å²) in [6.07, 6.45) is 1.02. The van der Waals surface area contributed by atoms with Crippen molar-refractivity contribution in [3.63, 3.8) is 0 Å². The highest BCUT2D eigenvalue weighted by atomic mass is 35.5. The third kappa shape index (κ3) is 3.49. The van der Waals surface area contributed by atoms with Crippen molar-refractivity contribution in [3.05, 3.63) is 65.2 Å². The lowest BCUT2D eigenvalue weighted by atomic mass is 10.0. The maximum atomic E-state index is 13.3. The number of halogens is 1. The number of anilines is 2. The minimum Gasteiger partial charge on any atom is -0.324 e. The van der Waals surface area contributed by atoms with Crippen LogP contribution in [0.15, 0.2) is 59.5 Å². The van der Waals surface area contributed by atoms with E-state index < -0.39 is 16.1 Å². The first-order chi connectivity index (χ1) is 15.8. The summed E-state index contributed by atoms with van der Waals surface area (Å²) in [5, 5.41) is 4.93. The van der Waals surface area contributed by atoms with Crippen LogP contribution in [0.5, 0.6) is 0 Å². The van der Waals surface area contributed by atoms with Crippen molar-refractivity contribution in [2.45, 2.75) is 30.7 Å². The van der Waals surface area contributed by atoms with Crippen LogP contribution in [0, 0.1) is 0 Å². The smallest absolute Gasteiger partial charge is 0.258 e. The second kappa shape index (κ2) is 8.13. The van der Waals surface area contributed by atoms with Crippen molar-refractivity contribution in [3.8, 4) is 0 Å². The summed E-state index contributed by atoms with van der Waals surface area (Å²) in [5.41, 5.74) is 1.98. The number of carbonyl (C=O) groups excluding carboxylic acids is 2. The predicted molar refractivity (Wildman–Crippen MR) is 128 cm³/mol. The molecule has 9 heteroatoms. The van der Waals surface area contributed by atoms with Crippen molar-refractivity contribution in [2.24, 2.45) is 0 Å². The van der Waals surface area contributed by atoms with E-state index in [0.29, 0.717) is 35.7 Å². The summed E-state index contributed by atoms with van der Waals surface area (Å²) in [5.74, 6) is -0.444. The van der Waals surface area contributed by atoms with Gasteiger partial charge in [-0.05, 0) is 62.2 Å². The number of carbonyl (C=O) groups is 2. The van der Waals surface area contributed by atoms with Gasteiger partial charge in [0, 0.05) is 40.1 Å². The van der Waals surface area contributed by atoms with Gasteiger partial charge in [0.05, 0.1) is 10.6 Å². The molecule has 1 atom stereocenters. The molecule has 0 spiro atoms. The Balaban J connectivity index is 1.46. The Kier molecular flexibility index (Phi) is 5.39. The molecular formula is C24H22ClN3O4S. The average molecular weight is 484 g/mol. The quantitative estimate of drug-likeness (QED) is 0.587. The van der Waals surface area contributed by atoms with Gasteiger partial charge in [-0.2, -0.15) is 4.31 Å². The lowest BCUT2D eigenvalue weighted by Crippen LogP contribution is -2.43. The van der Waals surface area contributed by atoms with Crippen LogP contribution in [-0.4, -0.2) is 43.7 Å². The lowest BCUT2D eigenvalue weighted by molar-refractivity contribution is -0.119. The molecule has 0 unspecified atom stereocenters. The molecule has 170 valence electrons. The van der Waals surface area contributed by atoms with Crippen LogP contribution >= 0.6 is 11.6 Å². The van der Waals surface area contributed by atoms with Crippen LogP contribution in [-0.2, 0) is 14.8 Å². The Morgan fingerprint density at radius 3 is 2.61 bits per heavy atom. The van der Waals surface area contributed by atoms with E-state index in [1.807, 2.05) is 19.1 Å². The zero-order chi connectivity index (χ0) is 23.3. The molecule has 0 saturated carbocycles. The minimum absolute atomic E-state index is 0.0578. The number of benzene rings is 3. The molecule has 1 N–H and O–H groups in total. The minimum atomic E-state index is -3.84. The van der Waals surface area contributed by atoms with Crippen molar-refractivity contribution in [1.29, 1.82) is 0 Å². The summed E-state index contributed by atoms with van der Waals surface area (Å²) in [6.45, 7) is 2.74. The number of sulfonamides is 1. The fourth-order valence-electron chi connectivity index (χ4n) is 4.72. The van der Waals surface area contributed by atoms with Crippen molar-refractivity contribution in [1.82, 2.24) is 4.31 Å². The second-order valence-corrected chi connectivity index (χ2v) is 10.5. The van der Waals surface area contributed by atoms with Gasteiger partial charge < -0.3 is 10.2 Å². The number of hydrogen-bond donors (Lipinski definition) is 1. The summed E-state index contributed by atoms with van der Waals surface area (Å²) in [6, 6.07) is 14.2. The zero-order valence-corrected chi connectivity index (χ0v) is 19.5. The Bertz CT molecular complexity index is 1390. The maximum Gasteiger partial charge on any atom is 0.258 e. The Hall–Kier alpha value is -2.94. The molecular weight excluding hydrogens is 462 g/mol. The average Bonchev–Trinajstić information content (AvgIpc) is 3.41. The van der Waals surface area contributed by atoms with Crippen LogP contribution < -0.4 is 10.2 Å². The first-order valence-corrected chi connectivity index (χ1v) is 12.6. The number of rotatable bonds is 5. The van der Waals surface area contributed by atoms with E-state index in [0.717, 1.165) is 16.5 Å². The zero-order valence-electron chi connectivity index (χ0n) is 17.9. The van der Waals surface area contributed by atoms with Gasteiger partial charge in [0.15, 0.2) is 0 Å². The maximum absolute atomic E-state index is 13.3. The molecule has 0 aliphatic carbocycles. The van der Waals surface area contributed by atoms with Gasteiger partial charge in [-0.15, -0.1) is 0 Å². The van der Waals surface area contributed by atoms with Gasteiger partial charge in [-0.25, -0.2) is 8.42 Å². The molecule has 7 nitrogen and oxygen atoms in total.